The molecule has 0 amide bonds. The summed E-state index contributed by atoms with van der Waals surface area (Å²) in [4.78, 5) is 3.82. The minimum atomic E-state index is -0.100. The third-order valence-corrected chi connectivity index (χ3v) is 5.34. The van der Waals surface area contributed by atoms with E-state index in [-0.39, 0.29) is 5.82 Å². The molecule has 0 unspecified atom stereocenters. The molecule has 0 bridgehead atoms. The molecule has 0 saturated carbocycles. The Kier molecular flexibility index (Phi) is 5.16. The topological polar surface area (TPSA) is 7.68 Å². The maximum Gasteiger partial charge on any atom is 0.146 e. The van der Waals surface area contributed by atoms with Crippen molar-refractivity contribution in [1.82, 2.24) is 0 Å². The van der Waals surface area contributed by atoms with Crippen molar-refractivity contribution in [1.29, 1.82) is 0 Å². The number of anilines is 1. The van der Waals surface area contributed by atoms with Gasteiger partial charge in [-0.2, -0.15) is 0 Å². The first kappa shape index (κ1) is 16.3. The van der Waals surface area contributed by atoms with Crippen LogP contribution in [0.15, 0.2) is 48.1 Å². The number of hydrogen-bond acceptors (Lipinski definition) is 1. The van der Waals surface area contributed by atoms with Gasteiger partial charge < -0.3 is 9.80 Å². The van der Waals surface area contributed by atoms with E-state index in [0.717, 1.165) is 38.4 Å². The molecule has 1 aliphatic heterocycles. The number of nitrogens with one attached hydrogen (secondary N) is 1. The number of piperazine rings is 1. The SMILES string of the molecule is C=C(C)[C@@H]1CC=C(C[NH+]2CCN(c3ccccc3F)CC2)CC1. The fraction of sp³-hybridized carbons (Fsp3) is 0.500. The zero-order valence-electron chi connectivity index (χ0n) is 14.2. The van der Waals surface area contributed by atoms with Crippen LogP contribution in [0.25, 0.3) is 0 Å². The van der Waals surface area contributed by atoms with Gasteiger partial charge in [-0.05, 0) is 49.8 Å². The van der Waals surface area contributed by atoms with Gasteiger partial charge in [0.2, 0.25) is 0 Å². The summed E-state index contributed by atoms with van der Waals surface area (Å²) in [5, 5.41) is 0. The average Bonchev–Trinajstić information content (AvgIpc) is 2.57. The molecule has 1 atom stereocenters. The Hall–Kier alpha value is -1.61. The van der Waals surface area contributed by atoms with Crippen molar-refractivity contribution < 1.29 is 9.29 Å². The lowest BCUT2D eigenvalue weighted by Crippen LogP contribution is -3.15. The molecule has 2 aliphatic rings. The van der Waals surface area contributed by atoms with Crippen molar-refractivity contribution in [3.05, 3.63) is 53.9 Å². The molecule has 0 spiro atoms. The van der Waals surface area contributed by atoms with Crippen molar-refractivity contribution in [2.45, 2.75) is 26.2 Å². The highest BCUT2D eigenvalue weighted by atomic mass is 19.1. The van der Waals surface area contributed by atoms with Crippen LogP contribution < -0.4 is 9.80 Å². The smallest absolute Gasteiger partial charge is 0.146 e. The van der Waals surface area contributed by atoms with Crippen molar-refractivity contribution in [2.75, 3.05) is 37.6 Å². The number of hydrogen-bond donors (Lipinski definition) is 1. The quantitative estimate of drug-likeness (QED) is 0.840. The third kappa shape index (κ3) is 4.03. The highest BCUT2D eigenvalue weighted by Crippen LogP contribution is 2.27. The number of para-hydroxylation sites is 1. The van der Waals surface area contributed by atoms with Crippen LogP contribution in [0.4, 0.5) is 10.1 Å². The highest BCUT2D eigenvalue weighted by Gasteiger charge is 2.24. The Balaban J connectivity index is 1.50. The molecule has 0 radical (unpaired) electrons. The van der Waals surface area contributed by atoms with Gasteiger partial charge in [0.05, 0.1) is 38.4 Å². The van der Waals surface area contributed by atoms with E-state index in [0.29, 0.717) is 5.92 Å². The van der Waals surface area contributed by atoms with Crippen molar-refractivity contribution in [3.63, 3.8) is 0 Å². The summed E-state index contributed by atoms with van der Waals surface area (Å²) in [7, 11) is 0. The maximum atomic E-state index is 13.9. The second-order valence-electron chi connectivity index (χ2n) is 7.05. The van der Waals surface area contributed by atoms with E-state index in [1.165, 1.54) is 24.8 Å². The molecule has 1 aromatic carbocycles. The first-order chi connectivity index (χ1) is 11.1. The first-order valence-electron chi connectivity index (χ1n) is 8.80. The molecule has 3 rings (SSSR count). The second kappa shape index (κ2) is 7.31. The number of benzene rings is 1. The van der Waals surface area contributed by atoms with Gasteiger partial charge in [-0.1, -0.05) is 30.4 Å². The summed E-state index contributed by atoms with van der Waals surface area (Å²) < 4.78 is 13.9. The molecule has 1 N–H and O–H groups in total. The number of halogens is 1. The molecule has 124 valence electrons. The van der Waals surface area contributed by atoms with Crippen LogP contribution in [0.3, 0.4) is 0 Å². The Bertz CT molecular complexity index is 585. The predicted octanol–water partition coefficient (Wildman–Crippen LogP) is 2.83. The number of allylic oxidation sites excluding steroid dienone is 2. The molecule has 0 aromatic heterocycles. The molecular formula is C20H28FN2+. The molecule has 2 nitrogen and oxygen atoms in total. The van der Waals surface area contributed by atoms with Gasteiger partial charge in [0, 0.05) is 0 Å². The molecule has 1 aliphatic carbocycles. The number of nitrogens with zero attached hydrogens (tertiary/aromatic N) is 1. The van der Waals surface area contributed by atoms with Crippen LogP contribution in [-0.2, 0) is 0 Å². The van der Waals surface area contributed by atoms with Gasteiger partial charge >= 0.3 is 0 Å². The van der Waals surface area contributed by atoms with Crippen LogP contribution in [0.5, 0.6) is 0 Å². The summed E-state index contributed by atoms with van der Waals surface area (Å²) in [5.41, 5.74) is 3.69. The van der Waals surface area contributed by atoms with Gasteiger partial charge in [0.1, 0.15) is 5.82 Å². The molecule has 1 saturated heterocycles. The zero-order chi connectivity index (χ0) is 16.2. The molecule has 1 fully saturated rings. The van der Waals surface area contributed by atoms with Crippen molar-refractivity contribution in [2.24, 2.45) is 5.92 Å². The maximum absolute atomic E-state index is 13.9. The first-order valence-corrected chi connectivity index (χ1v) is 8.80. The second-order valence-corrected chi connectivity index (χ2v) is 7.05. The standard InChI is InChI=1S/C20H27FN2/c1-16(2)18-9-7-17(8-10-18)15-22-11-13-23(14-12-22)20-6-4-3-5-19(20)21/h3-7,18H,1,8-15H2,2H3/p+1/t18-/m1/s1. The zero-order valence-corrected chi connectivity index (χ0v) is 14.2. The minimum absolute atomic E-state index is 0.100. The summed E-state index contributed by atoms with van der Waals surface area (Å²) >= 11 is 0. The van der Waals surface area contributed by atoms with Crippen molar-refractivity contribution >= 4 is 5.69 Å². The van der Waals surface area contributed by atoms with Crippen LogP contribution >= 0.6 is 0 Å². The van der Waals surface area contributed by atoms with E-state index < -0.39 is 0 Å². The molecule has 23 heavy (non-hydrogen) atoms. The Morgan fingerprint density at radius 2 is 2.04 bits per heavy atom. The minimum Gasteiger partial charge on any atom is -0.358 e. The summed E-state index contributed by atoms with van der Waals surface area (Å²) in [6.45, 7) is 11.5. The Morgan fingerprint density at radius 1 is 1.30 bits per heavy atom. The molecule has 1 heterocycles. The van der Waals surface area contributed by atoms with E-state index >= 15 is 0 Å². The molecular weight excluding hydrogens is 287 g/mol. The van der Waals surface area contributed by atoms with E-state index in [1.807, 2.05) is 12.1 Å². The highest BCUT2D eigenvalue weighted by molar-refractivity contribution is 5.47. The fourth-order valence-electron chi connectivity index (χ4n) is 3.77. The van der Waals surface area contributed by atoms with Gasteiger partial charge in [-0.25, -0.2) is 4.39 Å². The van der Waals surface area contributed by atoms with Gasteiger partial charge in [0.25, 0.3) is 0 Å². The van der Waals surface area contributed by atoms with Gasteiger partial charge in [-0.15, -0.1) is 0 Å². The van der Waals surface area contributed by atoms with E-state index in [4.69, 9.17) is 0 Å². The van der Waals surface area contributed by atoms with E-state index in [9.17, 15) is 4.39 Å². The summed E-state index contributed by atoms with van der Waals surface area (Å²) in [5.74, 6) is 0.587. The Morgan fingerprint density at radius 3 is 2.65 bits per heavy atom. The number of quaternary nitrogens is 1. The van der Waals surface area contributed by atoms with Gasteiger partial charge in [0.15, 0.2) is 0 Å². The Labute approximate surface area is 139 Å². The van der Waals surface area contributed by atoms with Crippen LogP contribution in [0.1, 0.15) is 26.2 Å². The van der Waals surface area contributed by atoms with E-state index in [2.05, 4.69) is 24.5 Å². The summed E-state index contributed by atoms with van der Waals surface area (Å²) in [6, 6.07) is 7.12. The average molecular weight is 315 g/mol. The van der Waals surface area contributed by atoms with Crippen LogP contribution in [0.2, 0.25) is 0 Å². The largest absolute Gasteiger partial charge is 0.358 e. The summed E-state index contributed by atoms with van der Waals surface area (Å²) in [6.07, 6.45) is 6.09. The predicted molar refractivity (Wildman–Crippen MR) is 94.4 cm³/mol. The van der Waals surface area contributed by atoms with E-state index in [1.54, 1.807) is 22.6 Å². The molecule has 3 heteroatoms. The third-order valence-electron chi connectivity index (χ3n) is 5.34. The normalized spacial score (nSPS) is 22.8. The van der Waals surface area contributed by atoms with Crippen molar-refractivity contribution in [3.8, 4) is 0 Å². The lowest BCUT2D eigenvalue weighted by atomic mass is 9.85. The monoisotopic (exact) mass is 315 g/mol. The van der Waals surface area contributed by atoms with Gasteiger partial charge in [-0.3, -0.25) is 0 Å². The van der Waals surface area contributed by atoms with Crippen LogP contribution in [0, 0.1) is 11.7 Å². The number of rotatable bonds is 4. The molecule has 1 aromatic rings. The lowest BCUT2D eigenvalue weighted by Gasteiger charge is -2.34. The fourth-order valence-corrected chi connectivity index (χ4v) is 3.77. The lowest BCUT2D eigenvalue weighted by molar-refractivity contribution is -0.895. The van der Waals surface area contributed by atoms with Crippen LogP contribution in [-0.4, -0.2) is 32.7 Å².